The van der Waals surface area contributed by atoms with Gasteiger partial charge in [-0.2, -0.15) is 0 Å². The van der Waals surface area contributed by atoms with Crippen LogP contribution in [0, 0.1) is 0 Å². The summed E-state index contributed by atoms with van der Waals surface area (Å²) < 4.78 is 3.90. The van der Waals surface area contributed by atoms with Crippen LogP contribution in [0.3, 0.4) is 0 Å². The van der Waals surface area contributed by atoms with Crippen LogP contribution < -0.4 is 10.3 Å². The first-order valence-corrected chi connectivity index (χ1v) is 5.28. The Balaban J connectivity index is 2.69. The van der Waals surface area contributed by atoms with E-state index in [-0.39, 0.29) is 6.61 Å². The molecule has 84 valence electrons. The predicted octanol–water partition coefficient (Wildman–Crippen LogP) is 0.689. The number of hydrogen-bond donors (Lipinski definition) is 2. The topological polar surface area (TPSA) is 55.1 Å². The number of allylic oxidation sites excluding steroid dienone is 1. The quantitative estimate of drug-likeness (QED) is 0.586. The van der Waals surface area contributed by atoms with Crippen LogP contribution in [0.2, 0.25) is 0 Å². The molecule has 4 heteroatoms. The van der Waals surface area contributed by atoms with E-state index in [9.17, 15) is 0 Å². The number of rotatable bonds is 4. The van der Waals surface area contributed by atoms with Gasteiger partial charge in [-0.15, -0.1) is 0 Å². The molecule has 16 heavy (non-hydrogen) atoms. The van der Waals surface area contributed by atoms with Gasteiger partial charge in [0, 0.05) is 0 Å². The number of anilines is 1. The number of nitrogens with zero attached hydrogens (tertiary/aromatic N) is 2. The second kappa shape index (κ2) is 4.37. The van der Waals surface area contributed by atoms with E-state index in [2.05, 4.69) is 6.58 Å². The Morgan fingerprint density at radius 3 is 2.88 bits per heavy atom. The molecule has 0 spiro atoms. The zero-order valence-electron chi connectivity index (χ0n) is 9.13. The first kappa shape index (κ1) is 10.7. The second-order valence-electron chi connectivity index (χ2n) is 3.62. The summed E-state index contributed by atoms with van der Waals surface area (Å²) >= 11 is 0. The van der Waals surface area contributed by atoms with Crippen LogP contribution in [-0.2, 0) is 13.1 Å². The fourth-order valence-corrected chi connectivity index (χ4v) is 1.97. The number of aromatic nitrogens is 2. The summed E-state index contributed by atoms with van der Waals surface area (Å²) in [5.74, 6) is 0.648. The number of aliphatic hydroxyl groups is 1. The zero-order chi connectivity index (χ0) is 11.5. The smallest absolute Gasteiger partial charge is 0.356 e. The number of aliphatic hydroxyl groups excluding tert-OH is 1. The summed E-state index contributed by atoms with van der Waals surface area (Å²) in [5, 5.41) is 9.04. The van der Waals surface area contributed by atoms with Gasteiger partial charge in [0.15, 0.2) is 0 Å². The van der Waals surface area contributed by atoms with E-state index in [0.29, 0.717) is 19.0 Å². The lowest BCUT2D eigenvalue weighted by Gasteiger charge is -1.97. The first-order valence-electron chi connectivity index (χ1n) is 5.28. The van der Waals surface area contributed by atoms with Gasteiger partial charge in [0.1, 0.15) is 11.0 Å². The first-order chi connectivity index (χ1) is 7.79. The Hall–Kier alpha value is -1.81. The van der Waals surface area contributed by atoms with E-state index in [0.717, 1.165) is 11.0 Å². The number of nitrogen functional groups attached to an aromatic ring is 1. The van der Waals surface area contributed by atoms with E-state index in [4.69, 9.17) is 10.8 Å². The average molecular weight is 218 g/mol. The largest absolute Gasteiger partial charge is 0.393 e. The highest BCUT2D eigenvalue weighted by molar-refractivity contribution is 5.73. The fraction of sp³-hybridized carbons (Fsp3) is 0.250. The number of fused-ring (bicyclic) bond motifs is 1. The average Bonchev–Trinajstić information content (AvgIpc) is 2.56. The second-order valence-corrected chi connectivity index (χ2v) is 3.62. The molecule has 2 rings (SSSR count). The minimum atomic E-state index is 0.0803. The molecule has 0 amide bonds. The van der Waals surface area contributed by atoms with Crippen molar-refractivity contribution in [3.05, 3.63) is 36.9 Å². The molecule has 0 unspecified atom stereocenters. The van der Waals surface area contributed by atoms with Crippen molar-refractivity contribution in [2.24, 2.45) is 0 Å². The van der Waals surface area contributed by atoms with Crippen LogP contribution in [-0.4, -0.2) is 16.3 Å². The molecule has 0 radical (unpaired) electrons. The number of benzene rings is 1. The lowest BCUT2D eigenvalue weighted by molar-refractivity contribution is -0.658. The van der Waals surface area contributed by atoms with Crippen molar-refractivity contribution in [3.8, 4) is 0 Å². The number of imidazole rings is 1. The van der Waals surface area contributed by atoms with Crippen molar-refractivity contribution in [2.75, 3.05) is 12.3 Å². The van der Waals surface area contributed by atoms with Crippen molar-refractivity contribution in [2.45, 2.75) is 13.1 Å². The van der Waals surface area contributed by atoms with E-state index >= 15 is 0 Å². The van der Waals surface area contributed by atoms with Crippen LogP contribution in [0.1, 0.15) is 0 Å². The SMILES string of the molecule is C=CCn1c(N)[n+](CCO)c2ccccc21. The van der Waals surface area contributed by atoms with Crippen LogP contribution >= 0.6 is 0 Å². The molecule has 0 aliphatic rings. The summed E-state index contributed by atoms with van der Waals surface area (Å²) in [6, 6.07) is 7.96. The summed E-state index contributed by atoms with van der Waals surface area (Å²) in [6.07, 6.45) is 1.81. The molecule has 0 aliphatic heterocycles. The molecule has 1 heterocycles. The summed E-state index contributed by atoms with van der Waals surface area (Å²) in [7, 11) is 0. The third-order valence-corrected chi connectivity index (χ3v) is 2.65. The van der Waals surface area contributed by atoms with Gasteiger partial charge in [-0.1, -0.05) is 24.8 Å². The van der Waals surface area contributed by atoms with Crippen LogP contribution in [0.25, 0.3) is 11.0 Å². The molecule has 4 nitrogen and oxygen atoms in total. The standard InChI is InChI=1S/C12H15N3O/c1-2-7-14-10-5-3-4-6-11(10)15(8-9-16)12(14)13/h2-6,13,16H,1,7-9H2/p+1. The molecule has 0 fully saturated rings. The Labute approximate surface area is 94.2 Å². The molecule has 1 aromatic heterocycles. The third kappa shape index (κ3) is 1.57. The highest BCUT2D eigenvalue weighted by Gasteiger charge is 2.18. The van der Waals surface area contributed by atoms with Gasteiger partial charge in [0.05, 0.1) is 19.7 Å². The van der Waals surface area contributed by atoms with Gasteiger partial charge in [0.25, 0.3) is 0 Å². The number of nitrogens with two attached hydrogens (primary N) is 1. The van der Waals surface area contributed by atoms with Crippen LogP contribution in [0.4, 0.5) is 5.95 Å². The van der Waals surface area contributed by atoms with Crippen molar-refractivity contribution in [1.82, 2.24) is 4.57 Å². The fourth-order valence-electron chi connectivity index (χ4n) is 1.97. The van der Waals surface area contributed by atoms with Gasteiger partial charge < -0.3 is 5.11 Å². The highest BCUT2D eigenvalue weighted by Crippen LogP contribution is 2.15. The Bertz CT molecular complexity index is 516. The van der Waals surface area contributed by atoms with E-state index in [1.165, 1.54) is 0 Å². The molecule has 0 aliphatic carbocycles. The predicted molar refractivity (Wildman–Crippen MR) is 63.8 cm³/mol. The van der Waals surface area contributed by atoms with Gasteiger partial charge in [-0.05, 0) is 12.1 Å². The molecule has 0 bridgehead atoms. The summed E-state index contributed by atoms with van der Waals surface area (Å²) in [5.41, 5.74) is 8.16. The Morgan fingerprint density at radius 1 is 1.44 bits per heavy atom. The molecule has 1 aromatic carbocycles. The molecule has 0 atom stereocenters. The lowest BCUT2D eigenvalue weighted by atomic mass is 10.3. The molecular weight excluding hydrogens is 202 g/mol. The zero-order valence-corrected chi connectivity index (χ0v) is 9.13. The maximum absolute atomic E-state index is 9.04. The normalized spacial score (nSPS) is 10.8. The van der Waals surface area contributed by atoms with Crippen molar-refractivity contribution < 1.29 is 9.67 Å². The van der Waals surface area contributed by atoms with Gasteiger partial charge in [-0.25, -0.2) is 9.13 Å². The maximum Gasteiger partial charge on any atom is 0.356 e. The van der Waals surface area contributed by atoms with Crippen LogP contribution in [0.15, 0.2) is 36.9 Å². The Kier molecular flexibility index (Phi) is 2.92. The van der Waals surface area contributed by atoms with Gasteiger partial charge in [-0.3, -0.25) is 5.73 Å². The summed E-state index contributed by atoms with van der Waals surface area (Å²) in [4.78, 5) is 0. The van der Waals surface area contributed by atoms with E-state index in [1.807, 2.05) is 39.5 Å². The third-order valence-electron chi connectivity index (χ3n) is 2.65. The number of hydrogen-bond acceptors (Lipinski definition) is 2. The van der Waals surface area contributed by atoms with Crippen molar-refractivity contribution in [3.63, 3.8) is 0 Å². The van der Waals surface area contributed by atoms with Gasteiger partial charge in [0.2, 0.25) is 0 Å². The Morgan fingerprint density at radius 2 is 2.19 bits per heavy atom. The van der Waals surface area contributed by atoms with Crippen molar-refractivity contribution >= 4 is 17.0 Å². The molecule has 0 saturated carbocycles. The maximum atomic E-state index is 9.04. The molecule has 3 N–H and O–H groups in total. The lowest BCUT2D eigenvalue weighted by Crippen LogP contribution is -2.38. The molecular formula is C12H16N3O+. The summed E-state index contributed by atoms with van der Waals surface area (Å²) in [6.45, 7) is 4.99. The van der Waals surface area contributed by atoms with Crippen LogP contribution in [0.5, 0.6) is 0 Å². The van der Waals surface area contributed by atoms with E-state index in [1.54, 1.807) is 0 Å². The molecule has 0 saturated heterocycles. The minimum Gasteiger partial charge on any atom is -0.393 e. The van der Waals surface area contributed by atoms with Crippen molar-refractivity contribution in [1.29, 1.82) is 0 Å². The number of para-hydroxylation sites is 2. The highest BCUT2D eigenvalue weighted by atomic mass is 16.3. The monoisotopic (exact) mass is 218 g/mol. The van der Waals surface area contributed by atoms with E-state index < -0.39 is 0 Å². The molecule has 2 aromatic rings. The minimum absolute atomic E-state index is 0.0803. The van der Waals surface area contributed by atoms with Gasteiger partial charge >= 0.3 is 5.95 Å².